The van der Waals surface area contributed by atoms with Crippen molar-refractivity contribution in [3.8, 4) is 11.3 Å². The van der Waals surface area contributed by atoms with Gasteiger partial charge in [0.1, 0.15) is 4.75 Å². The molecule has 2 aromatic carbocycles. The smallest absolute Gasteiger partial charge is 0.319 e. The number of carbonyl (C=O) groups excluding carboxylic acids is 1. The van der Waals surface area contributed by atoms with Crippen molar-refractivity contribution in [3.63, 3.8) is 0 Å². The van der Waals surface area contributed by atoms with Crippen molar-refractivity contribution in [2.24, 2.45) is 0 Å². The Morgan fingerprint density at radius 1 is 1.15 bits per heavy atom. The van der Waals surface area contributed by atoms with Gasteiger partial charge in [0.05, 0.1) is 36.1 Å². The van der Waals surface area contributed by atoms with E-state index in [1.54, 1.807) is 24.3 Å². The number of morpholine rings is 1. The number of nitrogens with zero attached hydrogens (tertiary/aromatic N) is 2. The van der Waals surface area contributed by atoms with E-state index < -0.39 is 20.6 Å². The van der Waals surface area contributed by atoms with Crippen LogP contribution in [0.3, 0.4) is 0 Å². The van der Waals surface area contributed by atoms with E-state index >= 15 is 0 Å². The van der Waals surface area contributed by atoms with Gasteiger partial charge in [0.15, 0.2) is 9.84 Å². The molecular formula is C29H34N4O5S. The Balaban J connectivity index is 1.54. The van der Waals surface area contributed by atoms with Crippen LogP contribution in [0.4, 0.5) is 16.2 Å². The predicted octanol–water partition coefficient (Wildman–Crippen LogP) is 3.86. The summed E-state index contributed by atoms with van der Waals surface area (Å²) in [5, 5.41) is 14.2. The molecule has 0 spiro atoms. The van der Waals surface area contributed by atoms with Crippen molar-refractivity contribution in [2.75, 3.05) is 43.1 Å². The van der Waals surface area contributed by atoms with Crippen LogP contribution in [0.2, 0.25) is 0 Å². The summed E-state index contributed by atoms with van der Waals surface area (Å²) >= 11 is 0. The van der Waals surface area contributed by atoms with Crippen LogP contribution in [0.1, 0.15) is 31.0 Å². The number of urea groups is 1. The van der Waals surface area contributed by atoms with Crippen molar-refractivity contribution in [1.29, 1.82) is 0 Å². The lowest BCUT2D eigenvalue weighted by molar-refractivity contribution is 0.0989. The van der Waals surface area contributed by atoms with Crippen LogP contribution in [-0.2, 0) is 19.3 Å². The SMILES string of the molecule is Cc1ccccc1S(=O)(=O)C1(c2cc(N3CCOC[C@@H]3C)cc(-c3ccc(NC(=O)NCCO)cc3)n2)CC1. The van der Waals surface area contributed by atoms with Crippen molar-refractivity contribution in [3.05, 3.63) is 71.9 Å². The van der Waals surface area contributed by atoms with Gasteiger partial charge in [-0.25, -0.2) is 13.2 Å². The summed E-state index contributed by atoms with van der Waals surface area (Å²) in [7, 11) is -3.68. The highest BCUT2D eigenvalue weighted by Gasteiger charge is 2.58. The number of ether oxygens (including phenoxy) is 1. The molecule has 1 saturated heterocycles. The highest BCUT2D eigenvalue weighted by atomic mass is 32.2. The lowest BCUT2D eigenvalue weighted by Gasteiger charge is -2.36. The molecule has 1 aliphatic heterocycles. The molecule has 3 N–H and O–H groups in total. The molecule has 2 aliphatic rings. The Bertz CT molecular complexity index is 1450. The van der Waals surface area contributed by atoms with Gasteiger partial charge in [0.2, 0.25) is 0 Å². The minimum atomic E-state index is -3.68. The van der Waals surface area contributed by atoms with Crippen LogP contribution in [0.25, 0.3) is 11.3 Å². The topological polar surface area (TPSA) is 121 Å². The van der Waals surface area contributed by atoms with Gasteiger partial charge in [0.25, 0.3) is 0 Å². The molecule has 2 heterocycles. The van der Waals surface area contributed by atoms with E-state index in [-0.39, 0.29) is 19.2 Å². The highest BCUT2D eigenvalue weighted by Crippen LogP contribution is 2.55. The Morgan fingerprint density at radius 2 is 1.90 bits per heavy atom. The Labute approximate surface area is 229 Å². The molecule has 2 amide bonds. The number of sulfone groups is 1. The van der Waals surface area contributed by atoms with Crippen LogP contribution in [0, 0.1) is 6.92 Å². The molecule has 3 aromatic rings. The number of amides is 2. The Morgan fingerprint density at radius 3 is 2.56 bits per heavy atom. The fourth-order valence-corrected chi connectivity index (χ4v) is 7.28. The van der Waals surface area contributed by atoms with Crippen molar-refractivity contribution in [2.45, 2.75) is 42.4 Å². The molecule has 1 atom stereocenters. The number of pyridine rings is 1. The van der Waals surface area contributed by atoms with Crippen LogP contribution in [0.15, 0.2) is 65.6 Å². The lowest BCUT2D eigenvalue weighted by atomic mass is 10.1. The molecule has 1 aromatic heterocycles. The Kier molecular flexibility index (Phi) is 7.61. The van der Waals surface area contributed by atoms with Gasteiger partial charge in [-0.15, -0.1) is 0 Å². The minimum Gasteiger partial charge on any atom is -0.395 e. The van der Waals surface area contributed by atoms with Gasteiger partial charge in [-0.2, -0.15) is 0 Å². The molecule has 5 rings (SSSR count). The largest absolute Gasteiger partial charge is 0.395 e. The molecule has 1 saturated carbocycles. The average Bonchev–Trinajstić information content (AvgIpc) is 3.76. The van der Waals surface area contributed by atoms with Gasteiger partial charge < -0.3 is 25.4 Å². The summed E-state index contributed by atoms with van der Waals surface area (Å²) < 4.78 is 32.6. The fraction of sp³-hybridized carbons (Fsp3) is 0.379. The van der Waals surface area contributed by atoms with E-state index in [2.05, 4.69) is 22.5 Å². The number of aliphatic hydroxyl groups excluding tert-OH is 1. The number of benzene rings is 2. The fourth-order valence-electron chi connectivity index (χ4n) is 5.09. The van der Waals surface area contributed by atoms with E-state index in [0.29, 0.717) is 54.6 Å². The van der Waals surface area contributed by atoms with E-state index in [1.807, 2.05) is 43.3 Å². The quantitative estimate of drug-likeness (QED) is 0.390. The van der Waals surface area contributed by atoms with Crippen LogP contribution in [0.5, 0.6) is 0 Å². The molecule has 0 radical (unpaired) electrons. The van der Waals surface area contributed by atoms with E-state index in [0.717, 1.165) is 16.8 Å². The summed E-state index contributed by atoms with van der Waals surface area (Å²) in [5.41, 5.74) is 4.28. The molecule has 10 heteroatoms. The number of nitrogens with one attached hydrogen (secondary N) is 2. The Hall–Kier alpha value is -3.47. The van der Waals surface area contributed by atoms with Gasteiger partial charge in [-0.1, -0.05) is 30.3 Å². The van der Waals surface area contributed by atoms with Gasteiger partial charge in [-0.05, 0) is 62.6 Å². The second kappa shape index (κ2) is 11.0. The zero-order valence-corrected chi connectivity index (χ0v) is 23.0. The number of aliphatic hydroxyl groups is 1. The maximum atomic E-state index is 14.0. The number of aromatic nitrogens is 1. The summed E-state index contributed by atoms with van der Waals surface area (Å²) in [6, 6.07) is 18.0. The number of hydrogen-bond acceptors (Lipinski definition) is 7. The van der Waals surface area contributed by atoms with E-state index in [9.17, 15) is 13.2 Å². The van der Waals surface area contributed by atoms with Crippen LogP contribution < -0.4 is 15.5 Å². The maximum Gasteiger partial charge on any atom is 0.319 e. The third-order valence-corrected chi connectivity index (χ3v) is 10.1. The predicted molar refractivity (Wildman–Crippen MR) is 151 cm³/mol. The first kappa shape index (κ1) is 27.1. The number of aryl methyl sites for hydroxylation is 1. The minimum absolute atomic E-state index is 0.133. The first-order valence-corrected chi connectivity index (χ1v) is 14.7. The van der Waals surface area contributed by atoms with Crippen LogP contribution >= 0.6 is 0 Å². The third-order valence-electron chi connectivity index (χ3n) is 7.41. The summed E-state index contributed by atoms with van der Waals surface area (Å²) in [5.74, 6) is 0. The number of carbonyl (C=O) groups is 1. The van der Waals surface area contributed by atoms with Crippen molar-refractivity contribution < 1.29 is 23.1 Å². The second-order valence-corrected chi connectivity index (χ2v) is 12.4. The lowest BCUT2D eigenvalue weighted by Crippen LogP contribution is -2.43. The highest BCUT2D eigenvalue weighted by molar-refractivity contribution is 7.92. The van der Waals surface area contributed by atoms with Crippen molar-refractivity contribution >= 4 is 27.2 Å². The van der Waals surface area contributed by atoms with E-state index in [1.165, 1.54) is 0 Å². The number of anilines is 2. The zero-order valence-electron chi connectivity index (χ0n) is 22.2. The molecule has 2 fully saturated rings. The standard InChI is InChI=1S/C29H34N4O5S/c1-20-5-3-4-6-26(20)39(36,37)29(11-12-29)27-18-24(33-14-16-38-19-21(33)2)17-25(32-27)22-7-9-23(10-8-22)31-28(35)30-13-15-34/h3-10,17-18,21,34H,11-16,19H2,1-2H3,(H2,30,31,35)/t21-/m0/s1. The molecular weight excluding hydrogens is 516 g/mol. The first-order valence-electron chi connectivity index (χ1n) is 13.2. The molecule has 9 nitrogen and oxygen atoms in total. The average molecular weight is 551 g/mol. The van der Waals surface area contributed by atoms with Gasteiger partial charge >= 0.3 is 6.03 Å². The molecule has 1 aliphatic carbocycles. The summed E-state index contributed by atoms with van der Waals surface area (Å²) in [6.45, 7) is 5.84. The first-order chi connectivity index (χ1) is 18.7. The number of rotatable bonds is 8. The number of hydrogen-bond donors (Lipinski definition) is 3. The monoisotopic (exact) mass is 550 g/mol. The molecule has 39 heavy (non-hydrogen) atoms. The normalized spacial score (nSPS) is 18.4. The second-order valence-electron chi connectivity index (χ2n) is 10.2. The zero-order chi connectivity index (χ0) is 27.6. The van der Waals surface area contributed by atoms with Crippen LogP contribution in [-0.4, -0.2) is 63.5 Å². The molecule has 206 valence electrons. The van der Waals surface area contributed by atoms with E-state index in [4.69, 9.17) is 14.8 Å². The van der Waals surface area contributed by atoms with Crippen molar-refractivity contribution in [1.82, 2.24) is 10.3 Å². The summed E-state index contributed by atoms with van der Waals surface area (Å²) in [6.07, 6.45) is 1.04. The maximum absolute atomic E-state index is 14.0. The molecule has 0 bridgehead atoms. The van der Waals surface area contributed by atoms with Gasteiger partial charge in [-0.3, -0.25) is 4.98 Å². The third kappa shape index (κ3) is 5.36. The van der Waals surface area contributed by atoms with Gasteiger partial charge in [0, 0.05) is 36.1 Å². The summed E-state index contributed by atoms with van der Waals surface area (Å²) in [4.78, 5) is 19.5. The molecule has 0 unspecified atom stereocenters.